The molecule has 0 N–H and O–H groups in total. The first-order valence-electron chi connectivity index (χ1n) is 12.1. The van der Waals surface area contributed by atoms with Gasteiger partial charge in [0.1, 0.15) is 12.4 Å². The standard InChI is InChI=1S/C30H25ClN4O4/c1-19-7-4-5-8-20(19)18-39-25-12-21(11-23(31)14-25)26-13-22(27-16-33-30(38-3)34-28(27)37-2)17-35(29(26)36)24-9-6-10-32-15-24/h4-17H,18H2,1-3H3. The Balaban J connectivity index is 1.64. The molecular weight excluding hydrogens is 516 g/mol. The summed E-state index contributed by atoms with van der Waals surface area (Å²) in [4.78, 5) is 26.6. The summed E-state index contributed by atoms with van der Waals surface area (Å²) in [5, 5.41) is 0.440. The molecule has 0 fully saturated rings. The van der Waals surface area contributed by atoms with E-state index in [0.717, 1.165) is 11.1 Å². The first kappa shape index (κ1) is 25.9. The predicted molar refractivity (Wildman–Crippen MR) is 150 cm³/mol. The number of aromatic nitrogens is 4. The molecule has 9 heteroatoms. The van der Waals surface area contributed by atoms with Gasteiger partial charge in [0.15, 0.2) is 0 Å². The summed E-state index contributed by atoms with van der Waals surface area (Å²) in [6.45, 7) is 2.40. The van der Waals surface area contributed by atoms with E-state index in [9.17, 15) is 4.79 Å². The van der Waals surface area contributed by atoms with Gasteiger partial charge in [0, 0.05) is 34.7 Å². The molecule has 0 unspecified atom stereocenters. The van der Waals surface area contributed by atoms with Crippen LogP contribution < -0.4 is 19.8 Å². The maximum absolute atomic E-state index is 13.8. The van der Waals surface area contributed by atoms with Crippen molar-refractivity contribution in [2.75, 3.05) is 14.2 Å². The molecular formula is C30H25ClN4O4. The van der Waals surface area contributed by atoms with Crippen LogP contribution in [0.4, 0.5) is 0 Å². The second-order valence-electron chi connectivity index (χ2n) is 8.70. The first-order valence-corrected chi connectivity index (χ1v) is 12.5. The van der Waals surface area contributed by atoms with Crippen molar-refractivity contribution in [2.45, 2.75) is 13.5 Å². The second-order valence-corrected chi connectivity index (χ2v) is 9.14. The lowest BCUT2D eigenvalue weighted by Gasteiger charge is -2.15. The van der Waals surface area contributed by atoms with Gasteiger partial charge in [0.25, 0.3) is 5.56 Å². The average Bonchev–Trinajstić information content (AvgIpc) is 2.96. The van der Waals surface area contributed by atoms with Gasteiger partial charge in [0.05, 0.1) is 31.7 Å². The Labute approximate surface area is 230 Å². The number of hydrogen-bond acceptors (Lipinski definition) is 7. The van der Waals surface area contributed by atoms with Crippen LogP contribution in [0.5, 0.6) is 17.6 Å². The minimum atomic E-state index is -0.257. The van der Waals surface area contributed by atoms with E-state index in [2.05, 4.69) is 15.0 Å². The van der Waals surface area contributed by atoms with Crippen LogP contribution in [-0.2, 0) is 6.61 Å². The van der Waals surface area contributed by atoms with E-state index < -0.39 is 0 Å². The molecule has 0 saturated heterocycles. The minimum Gasteiger partial charge on any atom is -0.489 e. The molecule has 0 spiro atoms. The topological polar surface area (TPSA) is 88.4 Å². The van der Waals surface area contributed by atoms with Gasteiger partial charge >= 0.3 is 6.01 Å². The van der Waals surface area contributed by atoms with Gasteiger partial charge in [-0.3, -0.25) is 14.3 Å². The van der Waals surface area contributed by atoms with Gasteiger partial charge in [-0.15, -0.1) is 0 Å². The van der Waals surface area contributed by atoms with Crippen molar-refractivity contribution in [3.8, 4) is 45.6 Å². The first-order chi connectivity index (χ1) is 19.0. The van der Waals surface area contributed by atoms with Crippen LogP contribution in [0.3, 0.4) is 0 Å². The third kappa shape index (κ3) is 5.61. The Bertz CT molecular complexity index is 1690. The lowest BCUT2D eigenvalue weighted by molar-refractivity contribution is 0.305. The third-order valence-electron chi connectivity index (χ3n) is 6.20. The van der Waals surface area contributed by atoms with Crippen LogP contribution in [0.25, 0.3) is 27.9 Å². The smallest absolute Gasteiger partial charge is 0.319 e. The predicted octanol–water partition coefficient (Wildman–Crippen LogP) is 5.91. The number of methoxy groups -OCH3 is 2. The van der Waals surface area contributed by atoms with Crippen molar-refractivity contribution in [3.05, 3.63) is 112 Å². The lowest BCUT2D eigenvalue weighted by Crippen LogP contribution is -2.20. The summed E-state index contributed by atoms with van der Waals surface area (Å²) in [5.74, 6) is 0.848. The molecule has 5 rings (SSSR count). The molecule has 2 aromatic carbocycles. The van der Waals surface area contributed by atoms with Gasteiger partial charge in [-0.05, 0) is 60.0 Å². The number of benzene rings is 2. The fourth-order valence-corrected chi connectivity index (χ4v) is 4.39. The zero-order valence-corrected chi connectivity index (χ0v) is 22.3. The highest BCUT2D eigenvalue weighted by Crippen LogP contribution is 2.33. The molecule has 3 heterocycles. The van der Waals surface area contributed by atoms with Crippen LogP contribution in [0.2, 0.25) is 5.02 Å². The molecule has 0 aliphatic heterocycles. The molecule has 0 aliphatic carbocycles. The van der Waals surface area contributed by atoms with Crippen molar-refractivity contribution < 1.29 is 14.2 Å². The number of nitrogens with zero attached hydrogens (tertiary/aromatic N) is 4. The summed E-state index contributed by atoms with van der Waals surface area (Å²) in [6.07, 6.45) is 6.56. The van der Waals surface area contributed by atoms with E-state index in [1.165, 1.54) is 18.8 Å². The van der Waals surface area contributed by atoms with Gasteiger partial charge in [-0.25, -0.2) is 4.98 Å². The number of pyridine rings is 2. The van der Waals surface area contributed by atoms with E-state index >= 15 is 0 Å². The Morgan fingerprint density at radius 3 is 2.51 bits per heavy atom. The van der Waals surface area contributed by atoms with Crippen molar-refractivity contribution in [1.29, 1.82) is 0 Å². The van der Waals surface area contributed by atoms with Crippen LogP contribution in [0.1, 0.15) is 11.1 Å². The summed E-state index contributed by atoms with van der Waals surface area (Å²) < 4.78 is 18.3. The normalized spacial score (nSPS) is 10.8. The van der Waals surface area contributed by atoms with E-state index in [1.807, 2.05) is 31.2 Å². The summed E-state index contributed by atoms with van der Waals surface area (Å²) in [6, 6.07) is 18.8. The van der Waals surface area contributed by atoms with Crippen molar-refractivity contribution >= 4 is 11.6 Å². The molecule has 196 valence electrons. The van der Waals surface area contributed by atoms with Crippen LogP contribution >= 0.6 is 11.6 Å². The monoisotopic (exact) mass is 540 g/mol. The van der Waals surface area contributed by atoms with Crippen molar-refractivity contribution in [3.63, 3.8) is 0 Å². The van der Waals surface area contributed by atoms with Gasteiger partial charge in [0.2, 0.25) is 5.88 Å². The molecule has 3 aromatic heterocycles. The number of rotatable bonds is 8. The van der Waals surface area contributed by atoms with Crippen molar-refractivity contribution in [2.24, 2.45) is 0 Å². The third-order valence-corrected chi connectivity index (χ3v) is 6.42. The highest BCUT2D eigenvalue weighted by molar-refractivity contribution is 6.31. The summed E-state index contributed by atoms with van der Waals surface area (Å²) >= 11 is 6.51. The molecule has 0 radical (unpaired) electrons. The lowest BCUT2D eigenvalue weighted by atomic mass is 10.0. The van der Waals surface area contributed by atoms with Crippen LogP contribution in [-0.4, -0.2) is 33.7 Å². The number of aryl methyl sites for hydroxylation is 1. The Kier molecular flexibility index (Phi) is 7.56. The van der Waals surface area contributed by atoms with Gasteiger partial charge < -0.3 is 14.2 Å². The SMILES string of the molecule is COc1ncc(-c2cc(-c3cc(Cl)cc(OCc4ccccc4C)c3)c(=O)n(-c3cccnc3)c2)c(OC)n1. The quantitative estimate of drug-likeness (QED) is 0.241. The number of hydrogen-bond donors (Lipinski definition) is 0. The molecule has 0 aliphatic rings. The van der Waals surface area contributed by atoms with Gasteiger partial charge in [-0.2, -0.15) is 4.98 Å². The second kappa shape index (κ2) is 11.4. The van der Waals surface area contributed by atoms with Gasteiger partial charge in [-0.1, -0.05) is 35.9 Å². The molecule has 0 amide bonds. The fraction of sp³-hybridized carbons (Fsp3) is 0.133. The maximum atomic E-state index is 13.8. The largest absolute Gasteiger partial charge is 0.489 e. The summed E-state index contributed by atoms with van der Waals surface area (Å²) in [5.41, 5.74) is 4.75. The zero-order chi connectivity index (χ0) is 27.4. The highest BCUT2D eigenvalue weighted by atomic mass is 35.5. The molecule has 39 heavy (non-hydrogen) atoms. The highest BCUT2D eigenvalue weighted by Gasteiger charge is 2.17. The average molecular weight is 541 g/mol. The van der Waals surface area contributed by atoms with E-state index in [-0.39, 0.29) is 11.6 Å². The van der Waals surface area contributed by atoms with E-state index in [0.29, 0.717) is 51.2 Å². The molecule has 0 saturated carbocycles. The number of ether oxygens (including phenoxy) is 3. The van der Waals surface area contributed by atoms with Crippen molar-refractivity contribution in [1.82, 2.24) is 19.5 Å². The van der Waals surface area contributed by atoms with Crippen LogP contribution in [0.15, 0.2) is 90.2 Å². The molecule has 8 nitrogen and oxygen atoms in total. The Morgan fingerprint density at radius 1 is 0.923 bits per heavy atom. The maximum Gasteiger partial charge on any atom is 0.319 e. The minimum absolute atomic E-state index is 0.168. The molecule has 5 aromatic rings. The number of halogens is 1. The Morgan fingerprint density at radius 2 is 1.77 bits per heavy atom. The van der Waals surface area contributed by atoms with E-state index in [1.54, 1.807) is 61.2 Å². The molecule has 0 bridgehead atoms. The summed E-state index contributed by atoms with van der Waals surface area (Å²) in [7, 11) is 2.99. The van der Waals surface area contributed by atoms with E-state index in [4.69, 9.17) is 25.8 Å². The molecule has 0 atom stereocenters. The fourth-order valence-electron chi connectivity index (χ4n) is 4.16. The van der Waals surface area contributed by atoms with Crippen LogP contribution in [0, 0.1) is 6.92 Å². The zero-order valence-electron chi connectivity index (χ0n) is 21.6. The Hall–Kier alpha value is -4.69.